The number of aromatic nitrogens is 1. The molecule has 1 aromatic rings. The van der Waals surface area contributed by atoms with Crippen LogP contribution >= 0.6 is 11.3 Å². The highest BCUT2D eigenvalue weighted by Crippen LogP contribution is 2.37. The first kappa shape index (κ1) is 14.9. The van der Waals surface area contributed by atoms with E-state index in [0.29, 0.717) is 6.04 Å². The highest BCUT2D eigenvalue weighted by atomic mass is 32.1. The lowest BCUT2D eigenvalue weighted by Crippen LogP contribution is -2.51. The summed E-state index contributed by atoms with van der Waals surface area (Å²) in [6.07, 6.45) is 5.90. The Bertz CT molecular complexity index is 391. The first-order valence-electron chi connectivity index (χ1n) is 7.32. The first-order chi connectivity index (χ1) is 9.11. The van der Waals surface area contributed by atoms with Crippen molar-refractivity contribution in [2.75, 3.05) is 13.7 Å². The summed E-state index contributed by atoms with van der Waals surface area (Å²) in [6.45, 7) is 7.41. The third-order valence-corrected chi connectivity index (χ3v) is 5.49. The average molecular weight is 282 g/mol. The van der Waals surface area contributed by atoms with Gasteiger partial charge in [-0.15, -0.1) is 11.3 Å². The van der Waals surface area contributed by atoms with Gasteiger partial charge in [0.2, 0.25) is 0 Å². The van der Waals surface area contributed by atoms with Crippen LogP contribution in [0.15, 0.2) is 0 Å². The van der Waals surface area contributed by atoms with Crippen molar-refractivity contribution in [1.82, 2.24) is 10.3 Å². The van der Waals surface area contributed by atoms with Gasteiger partial charge < -0.3 is 10.1 Å². The Balaban J connectivity index is 2.15. The fourth-order valence-corrected chi connectivity index (χ4v) is 4.14. The number of nitrogens with zero attached hydrogens (tertiary/aromatic N) is 1. The standard InChI is InChI=1S/C15H26N2OS/c1-5-16-13(15(18-4)8-6-7-9-15)10-14-17-11(2)12(3)19-14/h13,16H,5-10H2,1-4H3. The van der Waals surface area contributed by atoms with E-state index in [0.717, 1.165) is 13.0 Å². The van der Waals surface area contributed by atoms with E-state index >= 15 is 0 Å². The van der Waals surface area contributed by atoms with Crippen LogP contribution in [-0.4, -0.2) is 30.3 Å². The summed E-state index contributed by atoms with van der Waals surface area (Å²) in [5.41, 5.74) is 1.19. The zero-order chi connectivity index (χ0) is 13.9. The van der Waals surface area contributed by atoms with E-state index in [1.54, 1.807) is 0 Å². The van der Waals surface area contributed by atoms with Gasteiger partial charge in [-0.3, -0.25) is 0 Å². The lowest BCUT2D eigenvalue weighted by Gasteiger charge is -2.36. The Morgan fingerprint density at radius 2 is 2.05 bits per heavy atom. The van der Waals surface area contributed by atoms with E-state index in [1.807, 2.05) is 18.4 Å². The Hall–Kier alpha value is -0.450. The number of nitrogens with one attached hydrogen (secondary N) is 1. The van der Waals surface area contributed by atoms with E-state index < -0.39 is 0 Å². The second-order valence-corrected chi connectivity index (χ2v) is 6.83. The number of methoxy groups -OCH3 is 1. The van der Waals surface area contributed by atoms with Gasteiger partial charge in [0, 0.05) is 24.4 Å². The molecule has 1 aromatic heterocycles. The maximum atomic E-state index is 5.94. The van der Waals surface area contributed by atoms with Crippen molar-refractivity contribution in [1.29, 1.82) is 0 Å². The van der Waals surface area contributed by atoms with Crippen molar-refractivity contribution in [2.45, 2.75) is 64.5 Å². The van der Waals surface area contributed by atoms with Crippen molar-refractivity contribution in [3.8, 4) is 0 Å². The summed E-state index contributed by atoms with van der Waals surface area (Å²) in [7, 11) is 1.87. The summed E-state index contributed by atoms with van der Waals surface area (Å²) >= 11 is 1.83. The predicted octanol–water partition coefficient (Wildman–Crippen LogP) is 3.24. The van der Waals surface area contributed by atoms with Crippen molar-refractivity contribution in [2.24, 2.45) is 0 Å². The molecule has 1 atom stereocenters. The van der Waals surface area contributed by atoms with E-state index in [4.69, 9.17) is 9.72 Å². The van der Waals surface area contributed by atoms with Gasteiger partial charge in [-0.05, 0) is 33.2 Å². The minimum atomic E-state index is 0.0174. The average Bonchev–Trinajstić information content (AvgIpc) is 2.98. The molecule has 0 aromatic carbocycles. The smallest absolute Gasteiger partial charge is 0.0947 e. The van der Waals surface area contributed by atoms with Crippen LogP contribution in [0.2, 0.25) is 0 Å². The van der Waals surface area contributed by atoms with E-state index in [2.05, 4.69) is 26.1 Å². The van der Waals surface area contributed by atoms with Crippen molar-refractivity contribution in [3.63, 3.8) is 0 Å². The number of hydrogen-bond acceptors (Lipinski definition) is 4. The maximum absolute atomic E-state index is 5.94. The Morgan fingerprint density at radius 1 is 1.37 bits per heavy atom. The molecule has 0 radical (unpaired) electrons. The lowest BCUT2D eigenvalue weighted by atomic mass is 9.89. The van der Waals surface area contributed by atoms with Gasteiger partial charge in [-0.25, -0.2) is 4.98 Å². The summed E-state index contributed by atoms with van der Waals surface area (Å²) in [6, 6.07) is 0.384. The fourth-order valence-electron chi connectivity index (χ4n) is 3.16. The Kier molecular flexibility index (Phi) is 4.98. The van der Waals surface area contributed by atoms with E-state index in [9.17, 15) is 0 Å². The van der Waals surface area contributed by atoms with Gasteiger partial charge >= 0.3 is 0 Å². The van der Waals surface area contributed by atoms with Crippen molar-refractivity contribution in [3.05, 3.63) is 15.6 Å². The van der Waals surface area contributed by atoms with E-state index in [-0.39, 0.29) is 5.60 Å². The molecule has 1 aliphatic rings. The van der Waals surface area contributed by atoms with Crippen LogP contribution in [0.3, 0.4) is 0 Å². The van der Waals surface area contributed by atoms with Gasteiger partial charge in [0.25, 0.3) is 0 Å². The fraction of sp³-hybridized carbons (Fsp3) is 0.800. The second-order valence-electron chi connectivity index (χ2n) is 5.54. The van der Waals surface area contributed by atoms with Crippen molar-refractivity contribution >= 4 is 11.3 Å². The van der Waals surface area contributed by atoms with Gasteiger partial charge in [0.1, 0.15) is 0 Å². The zero-order valence-electron chi connectivity index (χ0n) is 12.6. The molecule has 2 rings (SSSR count). The number of aryl methyl sites for hydroxylation is 2. The van der Waals surface area contributed by atoms with Gasteiger partial charge in [0.05, 0.1) is 16.3 Å². The molecule has 1 unspecified atom stereocenters. The Morgan fingerprint density at radius 3 is 2.53 bits per heavy atom. The maximum Gasteiger partial charge on any atom is 0.0947 e. The van der Waals surface area contributed by atoms with Crippen LogP contribution in [-0.2, 0) is 11.2 Å². The minimum absolute atomic E-state index is 0.0174. The monoisotopic (exact) mass is 282 g/mol. The van der Waals surface area contributed by atoms with Gasteiger partial charge in [-0.1, -0.05) is 19.8 Å². The van der Waals surface area contributed by atoms with Gasteiger partial charge in [-0.2, -0.15) is 0 Å². The molecule has 19 heavy (non-hydrogen) atoms. The third-order valence-electron chi connectivity index (χ3n) is 4.39. The van der Waals surface area contributed by atoms with Crippen LogP contribution in [0, 0.1) is 13.8 Å². The number of ether oxygens (including phenoxy) is 1. The molecule has 108 valence electrons. The molecule has 1 N–H and O–H groups in total. The number of rotatable bonds is 6. The molecule has 1 heterocycles. The van der Waals surface area contributed by atoms with E-state index in [1.165, 1.54) is 41.3 Å². The molecule has 1 aliphatic carbocycles. The molecule has 0 aliphatic heterocycles. The molecule has 0 spiro atoms. The third kappa shape index (κ3) is 3.18. The van der Waals surface area contributed by atoms with Crippen LogP contribution < -0.4 is 5.32 Å². The molecule has 0 bridgehead atoms. The number of thiazole rings is 1. The topological polar surface area (TPSA) is 34.2 Å². The normalized spacial score (nSPS) is 19.8. The molecule has 0 amide bonds. The Labute approximate surface area is 120 Å². The predicted molar refractivity (Wildman–Crippen MR) is 81.0 cm³/mol. The van der Waals surface area contributed by atoms with Gasteiger partial charge in [0.15, 0.2) is 0 Å². The highest BCUT2D eigenvalue weighted by Gasteiger charge is 2.41. The molecule has 1 fully saturated rings. The summed E-state index contributed by atoms with van der Waals surface area (Å²) in [4.78, 5) is 6.03. The molecule has 1 saturated carbocycles. The minimum Gasteiger partial charge on any atom is -0.377 e. The van der Waals surface area contributed by atoms with Crippen molar-refractivity contribution < 1.29 is 4.74 Å². The summed E-state index contributed by atoms with van der Waals surface area (Å²) in [5.74, 6) is 0. The molecule has 0 saturated heterocycles. The molecular formula is C15H26N2OS. The SMILES string of the molecule is CCNC(Cc1nc(C)c(C)s1)C1(OC)CCCC1. The molecule has 4 heteroatoms. The number of hydrogen-bond donors (Lipinski definition) is 1. The summed E-state index contributed by atoms with van der Waals surface area (Å²) in [5, 5.41) is 4.88. The highest BCUT2D eigenvalue weighted by molar-refractivity contribution is 7.11. The lowest BCUT2D eigenvalue weighted by molar-refractivity contribution is -0.0351. The molecule has 3 nitrogen and oxygen atoms in total. The summed E-state index contributed by atoms with van der Waals surface area (Å²) < 4.78 is 5.94. The zero-order valence-corrected chi connectivity index (χ0v) is 13.4. The first-order valence-corrected chi connectivity index (χ1v) is 8.14. The quantitative estimate of drug-likeness (QED) is 0.870. The second kappa shape index (κ2) is 6.33. The largest absolute Gasteiger partial charge is 0.377 e. The van der Waals surface area contributed by atoms with Crippen LogP contribution in [0.1, 0.15) is 48.2 Å². The van der Waals surface area contributed by atoms with Crippen LogP contribution in [0.4, 0.5) is 0 Å². The van der Waals surface area contributed by atoms with Crippen LogP contribution in [0.25, 0.3) is 0 Å². The number of likely N-dealkylation sites (N-methyl/N-ethyl adjacent to an activating group) is 1. The molecular weight excluding hydrogens is 256 g/mol. The van der Waals surface area contributed by atoms with Crippen LogP contribution in [0.5, 0.6) is 0 Å².